The van der Waals surface area contributed by atoms with Crippen LogP contribution in [-0.4, -0.2) is 32.0 Å². The van der Waals surface area contributed by atoms with E-state index in [4.69, 9.17) is 16.3 Å². The summed E-state index contributed by atoms with van der Waals surface area (Å²) in [4.78, 5) is 0.968. The van der Waals surface area contributed by atoms with Crippen molar-refractivity contribution in [2.45, 2.75) is 30.3 Å². The van der Waals surface area contributed by atoms with Crippen molar-refractivity contribution in [1.82, 2.24) is 4.31 Å². The topological polar surface area (TPSA) is 46.6 Å². The molecule has 8 heteroatoms. The first-order valence-electron chi connectivity index (χ1n) is 7.55. The van der Waals surface area contributed by atoms with Gasteiger partial charge >= 0.3 is 0 Å². The molecule has 1 fully saturated rings. The van der Waals surface area contributed by atoms with E-state index in [-0.39, 0.29) is 16.0 Å². The van der Waals surface area contributed by atoms with Gasteiger partial charge in [0, 0.05) is 30.7 Å². The summed E-state index contributed by atoms with van der Waals surface area (Å²) in [6.45, 7) is 1.36. The Morgan fingerprint density at radius 1 is 1.29 bits per heavy atom. The number of ether oxygens (including phenoxy) is 1. The fourth-order valence-corrected chi connectivity index (χ4v) is 5.43. The first-order chi connectivity index (χ1) is 11.5. The van der Waals surface area contributed by atoms with Gasteiger partial charge in [0.1, 0.15) is 5.82 Å². The monoisotopic (exact) mass is 389 g/mol. The summed E-state index contributed by atoms with van der Waals surface area (Å²) in [5.74, 6) is -0.633. The molecule has 0 amide bonds. The Morgan fingerprint density at radius 3 is 2.67 bits per heavy atom. The van der Waals surface area contributed by atoms with Crippen molar-refractivity contribution in [3.63, 3.8) is 0 Å². The molecule has 1 aliphatic rings. The molecule has 1 aromatic heterocycles. The number of hydrogen-bond acceptors (Lipinski definition) is 4. The summed E-state index contributed by atoms with van der Waals surface area (Å²) in [7, 11) is -3.78. The number of benzene rings is 1. The summed E-state index contributed by atoms with van der Waals surface area (Å²) in [5.41, 5.74) is 0. The maximum atomic E-state index is 13.4. The minimum atomic E-state index is -3.78. The standard InChI is InChI=1S/C16H17ClFNO3S2/c17-15-10-14(3-4-16(15)18)24(20,21)19(11-13-2-1-9-23-13)12-5-7-22-8-6-12/h1-4,9-10,12H,5-8,11H2. The van der Waals surface area contributed by atoms with Crippen LogP contribution in [0.4, 0.5) is 4.39 Å². The highest BCUT2D eigenvalue weighted by atomic mass is 35.5. The first-order valence-corrected chi connectivity index (χ1v) is 10.3. The van der Waals surface area contributed by atoms with Gasteiger partial charge in [0.05, 0.1) is 9.92 Å². The second-order valence-corrected chi connectivity index (χ2v) is 8.88. The highest BCUT2D eigenvalue weighted by Crippen LogP contribution is 2.29. The van der Waals surface area contributed by atoms with Crippen LogP contribution in [0.2, 0.25) is 5.02 Å². The van der Waals surface area contributed by atoms with E-state index in [2.05, 4.69) is 0 Å². The lowest BCUT2D eigenvalue weighted by molar-refractivity contribution is 0.0571. The van der Waals surface area contributed by atoms with E-state index < -0.39 is 15.8 Å². The van der Waals surface area contributed by atoms with Crippen LogP contribution in [-0.2, 0) is 21.3 Å². The summed E-state index contributed by atoms with van der Waals surface area (Å²) in [6.07, 6.45) is 1.28. The molecule has 0 aliphatic carbocycles. The molecule has 130 valence electrons. The van der Waals surface area contributed by atoms with Gasteiger partial charge in [-0.3, -0.25) is 0 Å². The molecule has 0 N–H and O–H groups in total. The van der Waals surface area contributed by atoms with Crippen LogP contribution in [0.5, 0.6) is 0 Å². The molecule has 1 aromatic carbocycles. The molecule has 0 saturated carbocycles. The van der Waals surface area contributed by atoms with Gasteiger partial charge in [-0.1, -0.05) is 17.7 Å². The van der Waals surface area contributed by atoms with Crippen LogP contribution in [0.1, 0.15) is 17.7 Å². The van der Waals surface area contributed by atoms with E-state index >= 15 is 0 Å². The number of hydrogen-bond donors (Lipinski definition) is 0. The highest BCUT2D eigenvalue weighted by Gasteiger charge is 2.33. The average Bonchev–Trinajstić information content (AvgIpc) is 3.09. The number of sulfonamides is 1. The zero-order valence-corrected chi connectivity index (χ0v) is 15.2. The van der Waals surface area contributed by atoms with Crippen molar-refractivity contribution in [3.8, 4) is 0 Å². The SMILES string of the molecule is O=S(=O)(c1ccc(F)c(Cl)c1)N(Cc1cccs1)C1CCOCC1. The van der Waals surface area contributed by atoms with E-state index in [9.17, 15) is 12.8 Å². The number of rotatable bonds is 5. The van der Waals surface area contributed by atoms with Crippen molar-refractivity contribution in [2.24, 2.45) is 0 Å². The average molecular weight is 390 g/mol. The molecule has 1 saturated heterocycles. The van der Waals surface area contributed by atoms with Crippen molar-refractivity contribution in [1.29, 1.82) is 0 Å². The number of halogens is 2. The Labute approximate surface area is 149 Å². The highest BCUT2D eigenvalue weighted by molar-refractivity contribution is 7.89. The molecule has 0 spiro atoms. The summed E-state index contributed by atoms with van der Waals surface area (Å²) < 4.78 is 46.5. The predicted octanol–water partition coefficient (Wildman–Crippen LogP) is 3.91. The van der Waals surface area contributed by atoms with Gasteiger partial charge in [-0.25, -0.2) is 12.8 Å². The van der Waals surface area contributed by atoms with Crippen LogP contribution in [0, 0.1) is 5.82 Å². The normalized spacial score (nSPS) is 16.6. The molecule has 0 radical (unpaired) electrons. The molecule has 0 bridgehead atoms. The first kappa shape index (κ1) is 17.8. The Morgan fingerprint density at radius 2 is 2.04 bits per heavy atom. The van der Waals surface area contributed by atoms with Gasteiger partial charge in [-0.05, 0) is 42.5 Å². The Bertz CT molecular complexity index is 790. The van der Waals surface area contributed by atoms with Crippen molar-refractivity contribution in [3.05, 3.63) is 51.4 Å². The molecule has 24 heavy (non-hydrogen) atoms. The molecule has 3 rings (SSSR count). The summed E-state index contributed by atoms with van der Waals surface area (Å²) in [6, 6.07) is 7.18. The van der Waals surface area contributed by atoms with Crippen molar-refractivity contribution >= 4 is 33.0 Å². The smallest absolute Gasteiger partial charge is 0.243 e. The van der Waals surface area contributed by atoms with Gasteiger partial charge in [0.25, 0.3) is 0 Å². The largest absolute Gasteiger partial charge is 0.381 e. The third-order valence-corrected chi connectivity index (χ3v) is 7.03. The fourth-order valence-electron chi connectivity index (χ4n) is 2.71. The third kappa shape index (κ3) is 3.81. The van der Waals surface area contributed by atoms with Crippen LogP contribution in [0.25, 0.3) is 0 Å². The second kappa shape index (κ2) is 7.49. The molecule has 2 heterocycles. The lowest BCUT2D eigenvalue weighted by atomic mass is 10.1. The van der Waals surface area contributed by atoms with Crippen LogP contribution in [0.15, 0.2) is 40.6 Å². The van der Waals surface area contributed by atoms with Gasteiger partial charge in [0.15, 0.2) is 0 Å². The quantitative estimate of drug-likeness (QED) is 0.778. The molecular weight excluding hydrogens is 373 g/mol. The third-order valence-electron chi connectivity index (χ3n) is 3.99. The number of nitrogens with zero attached hydrogens (tertiary/aromatic N) is 1. The lowest BCUT2D eigenvalue weighted by Crippen LogP contribution is -2.42. The van der Waals surface area contributed by atoms with E-state index in [1.807, 2.05) is 17.5 Å². The van der Waals surface area contributed by atoms with Crippen LogP contribution >= 0.6 is 22.9 Å². The van der Waals surface area contributed by atoms with Crippen molar-refractivity contribution in [2.75, 3.05) is 13.2 Å². The minimum absolute atomic E-state index is 0.0111. The Balaban J connectivity index is 1.97. The van der Waals surface area contributed by atoms with Gasteiger partial charge in [0.2, 0.25) is 10.0 Å². The summed E-state index contributed by atoms with van der Waals surface area (Å²) in [5, 5.41) is 1.72. The van der Waals surface area contributed by atoms with Gasteiger partial charge in [-0.15, -0.1) is 11.3 Å². The maximum absolute atomic E-state index is 13.4. The van der Waals surface area contributed by atoms with Crippen molar-refractivity contribution < 1.29 is 17.5 Å². The second-order valence-electron chi connectivity index (χ2n) is 5.55. The zero-order chi connectivity index (χ0) is 17.2. The van der Waals surface area contributed by atoms with Gasteiger partial charge < -0.3 is 4.74 Å². The van der Waals surface area contributed by atoms with E-state index in [1.165, 1.54) is 27.8 Å². The van der Waals surface area contributed by atoms with E-state index in [1.54, 1.807) is 0 Å². The lowest BCUT2D eigenvalue weighted by Gasteiger charge is -2.33. The minimum Gasteiger partial charge on any atom is -0.381 e. The Kier molecular flexibility index (Phi) is 5.56. The zero-order valence-electron chi connectivity index (χ0n) is 12.8. The fraction of sp³-hybridized carbons (Fsp3) is 0.375. The molecule has 0 unspecified atom stereocenters. The molecule has 2 aromatic rings. The van der Waals surface area contributed by atoms with E-state index in [0.717, 1.165) is 10.9 Å². The number of thiophene rings is 1. The molecular formula is C16H17ClFNO3S2. The Hall–Kier alpha value is -0.990. The summed E-state index contributed by atoms with van der Waals surface area (Å²) >= 11 is 7.29. The maximum Gasteiger partial charge on any atom is 0.243 e. The van der Waals surface area contributed by atoms with E-state index in [0.29, 0.717) is 32.6 Å². The molecule has 0 atom stereocenters. The molecule has 4 nitrogen and oxygen atoms in total. The van der Waals surface area contributed by atoms with Crippen LogP contribution in [0.3, 0.4) is 0 Å². The van der Waals surface area contributed by atoms with Gasteiger partial charge in [-0.2, -0.15) is 4.31 Å². The predicted molar refractivity (Wildman–Crippen MR) is 92.3 cm³/mol. The molecule has 1 aliphatic heterocycles. The van der Waals surface area contributed by atoms with Crippen LogP contribution < -0.4 is 0 Å².